The van der Waals surface area contributed by atoms with Crippen LogP contribution in [0.25, 0.3) is 0 Å². The minimum absolute atomic E-state index is 0.0619. The maximum Gasteiger partial charge on any atom is 0.494 e. The summed E-state index contributed by atoms with van der Waals surface area (Å²) in [5.74, 6) is 0.831. The smallest absolute Gasteiger partial charge is 0.491 e. The lowest BCUT2D eigenvalue weighted by Crippen LogP contribution is -2.44. The molecule has 0 aliphatic carbocycles. The Morgan fingerprint density at radius 3 is 1.78 bits per heavy atom. The van der Waals surface area contributed by atoms with Gasteiger partial charge in [0.05, 0.1) is 6.10 Å². The number of ether oxygens (including phenoxy) is 1. The number of rotatable bonds is 10. The highest BCUT2D eigenvalue weighted by Crippen LogP contribution is 2.37. The molecule has 154 valence electrons. The van der Waals surface area contributed by atoms with E-state index in [1.165, 1.54) is 0 Å². The van der Waals surface area contributed by atoms with Gasteiger partial charge in [-0.15, -0.1) is 0 Å². The third kappa shape index (κ3) is 8.38. The first-order chi connectivity index (χ1) is 12.3. The van der Waals surface area contributed by atoms with Crippen LogP contribution in [0, 0.1) is 0 Å². The van der Waals surface area contributed by atoms with E-state index in [0.717, 1.165) is 11.2 Å². The molecule has 0 aromatic heterocycles. The molecule has 1 atom stereocenters. The van der Waals surface area contributed by atoms with Gasteiger partial charge in [-0.2, -0.15) is 0 Å². The van der Waals surface area contributed by atoms with Gasteiger partial charge in [-0.1, -0.05) is 32.9 Å². The Hall–Kier alpha value is -0.818. The van der Waals surface area contributed by atoms with Crippen molar-refractivity contribution in [3.63, 3.8) is 0 Å². The fraction of sp³-hybridized carbons (Fsp3) is 0.714. The van der Waals surface area contributed by atoms with E-state index in [-0.39, 0.29) is 30.5 Å². The zero-order chi connectivity index (χ0) is 20.8. The number of hydrogen-bond donors (Lipinski definition) is 0. The third-order valence-corrected chi connectivity index (χ3v) is 9.33. The molecule has 27 heavy (non-hydrogen) atoms. The summed E-state index contributed by atoms with van der Waals surface area (Å²) in [4.78, 5) is 0. The summed E-state index contributed by atoms with van der Waals surface area (Å²) in [5.41, 5.74) is 0.996. The molecule has 1 aromatic carbocycles. The summed E-state index contributed by atoms with van der Waals surface area (Å²) in [6.45, 7) is 22.0. The highest BCUT2D eigenvalue weighted by atomic mass is 28.4. The molecule has 1 unspecified atom stereocenters. The molecule has 0 N–H and O–H groups in total. The van der Waals surface area contributed by atoms with E-state index in [2.05, 4.69) is 40.8 Å². The maximum absolute atomic E-state index is 6.35. The van der Waals surface area contributed by atoms with E-state index in [4.69, 9.17) is 18.5 Å². The van der Waals surface area contributed by atoms with Gasteiger partial charge >= 0.3 is 7.12 Å². The van der Waals surface area contributed by atoms with Crippen molar-refractivity contribution in [2.75, 3.05) is 6.61 Å². The number of hydrogen-bond acceptors (Lipinski definition) is 4. The van der Waals surface area contributed by atoms with Crippen LogP contribution in [0.5, 0.6) is 5.75 Å². The molecule has 1 aromatic rings. The molecular weight excluding hydrogens is 355 g/mol. The molecule has 0 amide bonds. The van der Waals surface area contributed by atoms with Crippen LogP contribution >= 0.6 is 0 Å². The second-order valence-electron chi connectivity index (χ2n) is 9.27. The summed E-state index contributed by atoms with van der Waals surface area (Å²) in [7, 11) is -2.14. The minimum Gasteiger partial charge on any atom is -0.491 e. The lowest BCUT2D eigenvalue weighted by molar-refractivity contribution is 0.129. The average Bonchev–Trinajstić information content (AvgIpc) is 2.50. The van der Waals surface area contributed by atoms with E-state index < -0.39 is 8.32 Å². The molecule has 0 aliphatic rings. The van der Waals surface area contributed by atoms with Crippen molar-refractivity contribution in [2.24, 2.45) is 0 Å². The SMILES string of the molecule is CC(C)OB(OC(C)C)c1ccc(OCC(C)O[Si](C)(C)C(C)(C)C)cc1. The first-order valence-electron chi connectivity index (χ1n) is 10.0. The van der Waals surface area contributed by atoms with Crippen molar-refractivity contribution in [2.45, 2.75) is 91.8 Å². The Kier molecular flexibility index (Phi) is 9.06. The average molecular weight is 394 g/mol. The molecule has 6 heteroatoms. The zero-order valence-corrected chi connectivity index (χ0v) is 20.0. The second-order valence-corrected chi connectivity index (χ2v) is 14.0. The number of benzene rings is 1. The molecule has 0 aliphatic heterocycles. The van der Waals surface area contributed by atoms with Crippen molar-refractivity contribution in [3.8, 4) is 5.75 Å². The molecule has 0 radical (unpaired) electrons. The molecule has 0 fully saturated rings. The van der Waals surface area contributed by atoms with Crippen LogP contribution in [-0.4, -0.2) is 40.4 Å². The Labute approximate surface area is 168 Å². The second kappa shape index (κ2) is 10.1. The van der Waals surface area contributed by atoms with Crippen molar-refractivity contribution >= 4 is 20.9 Å². The summed E-state index contributed by atoms with van der Waals surface area (Å²) in [6, 6.07) is 7.94. The fourth-order valence-corrected chi connectivity index (χ4v) is 3.76. The molecule has 0 spiro atoms. The fourth-order valence-electron chi connectivity index (χ4n) is 2.33. The summed E-state index contributed by atoms with van der Waals surface area (Å²) >= 11 is 0. The van der Waals surface area contributed by atoms with Crippen LogP contribution in [0.2, 0.25) is 18.1 Å². The van der Waals surface area contributed by atoms with Crippen LogP contribution in [0.1, 0.15) is 55.4 Å². The van der Waals surface area contributed by atoms with Gasteiger partial charge in [0.25, 0.3) is 0 Å². The van der Waals surface area contributed by atoms with Crippen molar-refractivity contribution in [1.29, 1.82) is 0 Å². The van der Waals surface area contributed by atoms with Gasteiger partial charge in [0, 0.05) is 12.2 Å². The van der Waals surface area contributed by atoms with E-state index in [9.17, 15) is 0 Å². The molecule has 4 nitrogen and oxygen atoms in total. The summed E-state index contributed by atoms with van der Waals surface area (Å²) in [6.07, 6.45) is 0.253. The molecule has 0 saturated carbocycles. The highest BCUT2D eigenvalue weighted by molar-refractivity contribution is 6.74. The van der Waals surface area contributed by atoms with Gasteiger partial charge in [-0.3, -0.25) is 0 Å². The largest absolute Gasteiger partial charge is 0.494 e. The Morgan fingerprint density at radius 1 is 0.889 bits per heavy atom. The Morgan fingerprint density at radius 2 is 1.37 bits per heavy atom. The minimum atomic E-state index is -1.77. The van der Waals surface area contributed by atoms with E-state index in [1.54, 1.807) is 0 Å². The van der Waals surface area contributed by atoms with Crippen molar-refractivity contribution in [3.05, 3.63) is 24.3 Å². The first kappa shape index (κ1) is 24.2. The zero-order valence-electron chi connectivity index (χ0n) is 19.0. The molecule has 0 saturated heterocycles. The van der Waals surface area contributed by atoms with Crippen LogP contribution in [0.3, 0.4) is 0 Å². The standard InChI is InChI=1S/C21H39BO4Si/c1-16(2)24-22(25-17(3)4)19-11-13-20(14-12-19)23-15-18(5)26-27(9,10)21(6,7)8/h11-14,16-18H,15H2,1-10H3. The molecule has 0 heterocycles. The monoisotopic (exact) mass is 394 g/mol. The lowest BCUT2D eigenvalue weighted by Gasteiger charge is -2.38. The Bertz CT molecular complexity index is 542. The topological polar surface area (TPSA) is 36.9 Å². The van der Waals surface area contributed by atoms with Gasteiger partial charge < -0.3 is 18.5 Å². The first-order valence-corrected chi connectivity index (χ1v) is 12.9. The predicted octanol–water partition coefficient (Wildman–Crippen LogP) is 5.02. The van der Waals surface area contributed by atoms with E-state index in [0.29, 0.717) is 6.61 Å². The Balaban J connectivity index is 2.65. The summed E-state index contributed by atoms with van der Waals surface area (Å²) in [5, 5.41) is 0.199. The van der Waals surface area contributed by atoms with Gasteiger partial charge in [0.1, 0.15) is 12.4 Å². The van der Waals surface area contributed by atoms with E-state index >= 15 is 0 Å². The van der Waals surface area contributed by atoms with Gasteiger partial charge in [-0.05, 0) is 70.3 Å². The third-order valence-electron chi connectivity index (χ3n) is 4.73. The predicted molar refractivity (Wildman–Crippen MR) is 118 cm³/mol. The van der Waals surface area contributed by atoms with Crippen LogP contribution in [-0.2, 0) is 13.7 Å². The normalized spacial score (nSPS) is 13.9. The molecule has 1 rings (SSSR count). The molecule has 0 bridgehead atoms. The maximum atomic E-state index is 6.35. The van der Waals surface area contributed by atoms with Crippen LogP contribution in [0.15, 0.2) is 24.3 Å². The van der Waals surface area contributed by atoms with Gasteiger partial charge in [-0.25, -0.2) is 0 Å². The van der Waals surface area contributed by atoms with Crippen LogP contribution in [0.4, 0.5) is 0 Å². The quantitative estimate of drug-likeness (QED) is 0.522. The van der Waals surface area contributed by atoms with Crippen molar-refractivity contribution < 1.29 is 18.5 Å². The van der Waals surface area contributed by atoms with Gasteiger partial charge in [0.2, 0.25) is 0 Å². The van der Waals surface area contributed by atoms with E-state index in [1.807, 2.05) is 52.0 Å². The lowest BCUT2D eigenvalue weighted by atomic mass is 9.78. The van der Waals surface area contributed by atoms with Crippen molar-refractivity contribution in [1.82, 2.24) is 0 Å². The highest BCUT2D eigenvalue weighted by Gasteiger charge is 2.38. The molecular formula is C21H39BO4Si. The van der Waals surface area contributed by atoms with Gasteiger partial charge in [0.15, 0.2) is 8.32 Å². The summed E-state index contributed by atoms with van der Waals surface area (Å²) < 4.78 is 24.1. The van der Waals surface area contributed by atoms with Crippen LogP contribution < -0.4 is 10.2 Å².